The molecule has 0 amide bonds. The van der Waals surface area contributed by atoms with Gasteiger partial charge in [-0.2, -0.15) is 5.26 Å². The number of hydrazine groups is 1. The first-order chi connectivity index (χ1) is 5.74. The SMILES string of the molecule is N#CN(N)Cc1cccnc1Cl. The number of rotatable bonds is 2. The van der Waals surface area contributed by atoms with Crippen LogP contribution in [-0.4, -0.2) is 9.99 Å². The van der Waals surface area contributed by atoms with Crippen molar-refractivity contribution in [2.75, 3.05) is 0 Å². The molecule has 12 heavy (non-hydrogen) atoms. The van der Waals surface area contributed by atoms with E-state index in [4.69, 9.17) is 22.7 Å². The van der Waals surface area contributed by atoms with Crippen molar-refractivity contribution in [1.29, 1.82) is 5.26 Å². The molecule has 0 radical (unpaired) electrons. The predicted octanol–water partition coefficient (Wildman–Crippen LogP) is 0.892. The summed E-state index contributed by atoms with van der Waals surface area (Å²) < 4.78 is 0. The van der Waals surface area contributed by atoms with E-state index in [0.717, 1.165) is 10.6 Å². The Morgan fingerprint density at radius 1 is 1.75 bits per heavy atom. The Morgan fingerprint density at radius 2 is 2.50 bits per heavy atom. The fourth-order valence-corrected chi connectivity index (χ4v) is 0.935. The highest BCUT2D eigenvalue weighted by atomic mass is 35.5. The maximum atomic E-state index is 8.37. The summed E-state index contributed by atoms with van der Waals surface area (Å²) in [7, 11) is 0. The molecule has 1 aromatic heterocycles. The highest BCUT2D eigenvalue weighted by molar-refractivity contribution is 6.30. The van der Waals surface area contributed by atoms with E-state index >= 15 is 0 Å². The van der Waals surface area contributed by atoms with E-state index in [-0.39, 0.29) is 6.54 Å². The molecule has 0 aromatic carbocycles. The zero-order valence-electron chi connectivity index (χ0n) is 6.24. The Balaban J connectivity index is 2.77. The topological polar surface area (TPSA) is 65.9 Å². The molecule has 0 aliphatic heterocycles. The van der Waals surface area contributed by atoms with Crippen LogP contribution in [0.3, 0.4) is 0 Å². The van der Waals surface area contributed by atoms with Crippen molar-refractivity contribution in [3.05, 3.63) is 29.0 Å². The second-order valence-corrected chi connectivity index (χ2v) is 2.54. The molecular formula is C7H7ClN4. The smallest absolute Gasteiger partial charge is 0.195 e. The van der Waals surface area contributed by atoms with Crippen LogP contribution >= 0.6 is 11.6 Å². The van der Waals surface area contributed by atoms with Crippen LogP contribution in [0.1, 0.15) is 5.56 Å². The van der Waals surface area contributed by atoms with Gasteiger partial charge in [-0.1, -0.05) is 17.7 Å². The first-order valence-electron chi connectivity index (χ1n) is 3.25. The standard InChI is InChI=1S/C7H7ClN4/c8-7-6(2-1-3-11-7)4-12(10)5-9/h1-3H,4,10H2. The van der Waals surface area contributed by atoms with E-state index in [0.29, 0.717) is 5.15 Å². The van der Waals surface area contributed by atoms with Gasteiger partial charge in [-0.3, -0.25) is 0 Å². The van der Waals surface area contributed by atoms with Gasteiger partial charge in [0.2, 0.25) is 0 Å². The third-order valence-corrected chi connectivity index (χ3v) is 1.65. The lowest BCUT2D eigenvalue weighted by atomic mass is 10.3. The summed E-state index contributed by atoms with van der Waals surface area (Å²) in [5.74, 6) is 5.26. The van der Waals surface area contributed by atoms with Crippen LogP contribution in [0.4, 0.5) is 0 Å². The molecule has 62 valence electrons. The van der Waals surface area contributed by atoms with Crippen LogP contribution in [0.2, 0.25) is 5.15 Å². The lowest BCUT2D eigenvalue weighted by molar-refractivity contribution is 0.404. The summed E-state index contributed by atoms with van der Waals surface area (Å²) in [6.45, 7) is 0.281. The molecule has 1 aromatic rings. The number of nitriles is 1. The minimum Gasteiger partial charge on any atom is -0.244 e. The fourth-order valence-electron chi connectivity index (χ4n) is 0.756. The fraction of sp³-hybridized carbons (Fsp3) is 0.143. The Labute approximate surface area is 75.1 Å². The van der Waals surface area contributed by atoms with Gasteiger partial charge in [-0.15, -0.1) is 0 Å². The van der Waals surface area contributed by atoms with E-state index in [2.05, 4.69) is 4.98 Å². The quantitative estimate of drug-likeness (QED) is 0.243. The number of nitrogens with two attached hydrogens (primary N) is 1. The summed E-state index contributed by atoms with van der Waals surface area (Å²) in [5, 5.41) is 9.74. The van der Waals surface area contributed by atoms with Gasteiger partial charge in [0.25, 0.3) is 0 Å². The Kier molecular flexibility index (Phi) is 2.86. The molecule has 2 N–H and O–H groups in total. The lowest BCUT2D eigenvalue weighted by Gasteiger charge is -2.08. The van der Waals surface area contributed by atoms with Gasteiger partial charge in [0.15, 0.2) is 6.19 Å². The normalized spacial score (nSPS) is 9.08. The summed E-state index contributed by atoms with van der Waals surface area (Å²) in [4.78, 5) is 3.84. The number of aromatic nitrogens is 1. The zero-order chi connectivity index (χ0) is 8.97. The minimum atomic E-state index is 0.281. The van der Waals surface area contributed by atoms with Crippen molar-refractivity contribution in [3.8, 4) is 6.19 Å². The van der Waals surface area contributed by atoms with Crippen LogP contribution < -0.4 is 5.84 Å². The van der Waals surface area contributed by atoms with Gasteiger partial charge in [0, 0.05) is 11.8 Å². The third kappa shape index (κ3) is 2.09. The number of hydrogen-bond donors (Lipinski definition) is 1. The summed E-state index contributed by atoms with van der Waals surface area (Å²) in [6.07, 6.45) is 3.35. The monoisotopic (exact) mass is 182 g/mol. The molecule has 0 unspecified atom stereocenters. The second-order valence-electron chi connectivity index (χ2n) is 2.18. The van der Waals surface area contributed by atoms with Crippen LogP contribution in [0.15, 0.2) is 18.3 Å². The molecule has 0 aliphatic carbocycles. The lowest BCUT2D eigenvalue weighted by Crippen LogP contribution is -2.24. The maximum Gasteiger partial charge on any atom is 0.195 e. The van der Waals surface area contributed by atoms with Crippen molar-refractivity contribution in [1.82, 2.24) is 9.99 Å². The largest absolute Gasteiger partial charge is 0.244 e. The summed E-state index contributed by atoms with van der Waals surface area (Å²) >= 11 is 5.72. The van der Waals surface area contributed by atoms with Gasteiger partial charge in [-0.05, 0) is 6.07 Å². The van der Waals surface area contributed by atoms with Crippen molar-refractivity contribution < 1.29 is 0 Å². The van der Waals surface area contributed by atoms with Crippen molar-refractivity contribution >= 4 is 11.6 Å². The number of halogens is 1. The highest BCUT2D eigenvalue weighted by Crippen LogP contribution is 2.11. The molecule has 0 saturated carbocycles. The van der Waals surface area contributed by atoms with Crippen molar-refractivity contribution in [3.63, 3.8) is 0 Å². The van der Waals surface area contributed by atoms with Gasteiger partial charge in [0.1, 0.15) is 5.15 Å². The van der Waals surface area contributed by atoms with E-state index in [1.165, 1.54) is 0 Å². The maximum absolute atomic E-state index is 8.37. The van der Waals surface area contributed by atoms with Gasteiger partial charge in [0.05, 0.1) is 6.54 Å². The number of nitrogens with zero attached hydrogens (tertiary/aromatic N) is 3. The molecule has 0 aliphatic rings. The molecule has 1 rings (SSSR count). The number of hydrogen-bond acceptors (Lipinski definition) is 4. The Morgan fingerprint density at radius 3 is 3.08 bits per heavy atom. The molecular weight excluding hydrogens is 176 g/mol. The Hall–Kier alpha value is -1.31. The van der Waals surface area contributed by atoms with E-state index in [1.807, 2.05) is 0 Å². The molecule has 0 fully saturated rings. The van der Waals surface area contributed by atoms with Crippen LogP contribution in [0.5, 0.6) is 0 Å². The van der Waals surface area contributed by atoms with Crippen LogP contribution in [0, 0.1) is 11.5 Å². The first-order valence-corrected chi connectivity index (χ1v) is 3.63. The van der Waals surface area contributed by atoms with Gasteiger partial charge < -0.3 is 0 Å². The van der Waals surface area contributed by atoms with E-state index in [9.17, 15) is 0 Å². The molecule has 5 heteroatoms. The molecule has 0 spiro atoms. The number of pyridine rings is 1. The minimum absolute atomic E-state index is 0.281. The van der Waals surface area contributed by atoms with Gasteiger partial charge >= 0.3 is 0 Å². The Bertz CT molecular complexity index is 307. The molecule has 0 bridgehead atoms. The summed E-state index contributed by atoms with van der Waals surface area (Å²) in [6, 6.07) is 3.51. The van der Waals surface area contributed by atoms with Crippen molar-refractivity contribution in [2.24, 2.45) is 5.84 Å². The molecule has 0 atom stereocenters. The molecule has 0 saturated heterocycles. The molecule has 4 nitrogen and oxygen atoms in total. The average molecular weight is 183 g/mol. The first kappa shape index (κ1) is 8.78. The van der Waals surface area contributed by atoms with E-state index in [1.54, 1.807) is 24.5 Å². The summed E-state index contributed by atoms with van der Waals surface area (Å²) in [5.41, 5.74) is 0.739. The van der Waals surface area contributed by atoms with Crippen molar-refractivity contribution in [2.45, 2.75) is 6.54 Å². The zero-order valence-corrected chi connectivity index (χ0v) is 6.99. The van der Waals surface area contributed by atoms with Gasteiger partial charge in [-0.25, -0.2) is 15.8 Å². The molecule has 1 heterocycles. The third-order valence-electron chi connectivity index (χ3n) is 1.31. The van der Waals surface area contributed by atoms with Crippen LogP contribution in [0.25, 0.3) is 0 Å². The highest BCUT2D eigenvalue weighted by Gasteiger charge is 2.02. The van der Waals surface area contributed by atoms with Crippen LogP contribution in [-0.2, 0) is 6.54 Å². The van der Waals surface area contributed by atoms with E-state index < -0.39 is 0 Å². The average Bonchev–Trinajstić information content (AvgIpc) is 2.09. The second kappa shape index (κ2) is 3.90. The predicted molar refractivity (Wildman–Crippen MR) is 44.6 cm³/mol.